The minimum absolute atomic E-state index is 0.751. The molecule has 1 aliphatic carbocycles. The highest BCUT2D eigenvalue weighted by atomic mass is 32.2. The molecule has 3 atom stereocenters. The van der Waals surface area contributed by atoms with E-state index in [2.05, 4.69) is 42.1 Å². The van der Waals surface area contributed by atoms with Crippen LogP contribution in [-0.4, -0.2) is 48.1 Å². The molecule has 1 saturated heterocycles. The monoisotopic (exact) mass is 256 g/mol. The smallest absolute Gasteiger partial charge is 0.0247 e. The third-order valence-electron chi connectivity index (χ3n) is 4.49. The van der Waals surface area contributed by atoms with E-state index < -0.39 is 0 Å². The van der Waals surface area contributed by atoms with Gasteiger partial charge in [-0.1, -0.05) is 26.7 Å². The summed E-state index contributed by atoms with van der Waals surface area (Å²) in [7, 11) is 0. The van der Waals surface area contributed by atoms with E-state index in [1.165, 1.54) is 45.3 Å². The Morgan fingerprint density at radius 1 is 1.24 bits per heavy atom. The van der Waals surface area contributed by atoms with Gasteiger partial charge < -0.3 is 5.32 Å². The summed E-state index contributed by atoms with van der Waals surface area (Å²) in [6, 6.07) is 1.59. The van der Waals surface area contributed by atoms with Crippen LogP contribution in [0.4, 0.5) is 0 Å². The SMILES string of the molecule is CSC1CCCCC1N1CCNCC1C(C)C. The van der Waals surface area contributed by atoms with Crippen LogP contribution in [0.25, 0.3) is 0 Å². The van der Waals surface area contributed by atoms with Crippen molar-refractivity contribution in [3.63, 3.8) is 0 Å². The molecule has 0 aromatic heterocycles. The van der Waals surface area contributed by atoms with Gasteiger partial charge in [0, 0.05) is 37.0 Å². The molecule has 17 heavy (non-hydrogen) atoms. The lowest BCUT2D eigenvalue weighted by molar-refractivity contribution is 0.0613. The van der Waals surface area contributed by atoms with E-state index in [0.29, 0.717) is 0 Å². The molecule has 0 radical (unpaired) electrons. The zero-order valence-corrected chi connectivity index (χ0v) is 12.4. The molecule has 0 aromatic rings. The molecule has 1 saturated carbocycles. The van der Waals surface area contributed by atoms with Gasteiger partial charge in [0.1, 0.15) is 0 Å². The molecule has 0 aromatic carbocycles. The molecule has 1 heterocycles. The molecule has 3 heteroatoms. The summed E-state index contributed by atoms with van der Waals surface area (Å²) in [6.07, 6.45) is 8.04. The van der Waals surface area contributed by atoms with Crippen LogP contribution in [0.15, 0.2) is 0 Å². The number of thioether (sulfide) groups is 1. The van der Waals surface area contributed by atoms with Crippen LogP contribution in [0, 0.1) is 5.92 Å². The summed E-state index contributed by atoms with van der Waals surface area (Å²) in [5, 5.41) is 4.45. The summed E-state index contributed by atoms with van der Waals surface area (Å²) in [6.45, 7) is 8.38. The Morgan fingerprint density at radius 2 is 2.00 bits per heavy atom. The minimum atomic E-state index is 0.751. The standard InChI is InChI=1S/C14H28N2S/c1-11(2)13-10-15-8-9-16(13)12-6-4-5-7-14(12)17-3/h11-15H,4-10H2,1-3H3. The lowest BCUT2D eigenvalue weighted by atomic mass is 9.89. The first-order valence-electron chi connectivity index (χ1n) is 7.23. The molecule has 2 nitrogen and oxygen atoms in total. The Hall–Kier alpha value is 0.270. The maximum atomic E-state index is 3.57. The highest BCUT2D eigenvalue weighted by Crippen LogP contribution is 2.33. The highest BCUT2D eigenvalue weighted by Gasteiger charge is 2.35. The number of nitrogens with zero attached hydrogens (tertiary/aromatic N) is 1. The average molecular weight is 256 g/mol. The third kappa shape index (κ3) is 3.18. The molecular formula is C14H28N2S. The first-order chi connectivity index (χ1) is 8.24. The van der Waals surface area contributed by atoms with E-state index in [0.717, 1.165) is 23.3 Å². The Balaban J connectivity index is 2.05. The van der Waals surface area contributed by atoms with Crippen molar-refractivity contribution in [3.05, 3.63) is 0 Å². The Morgan fingerprint density at radius 3 is 2.71 bits per heavy atom. The van der Waals surface area contributed by atoms with Gasteiger partial charge in [-0.15, -0.1) is 0 Å². The van der Waals surface area contributed by atoms with Gasteiger partial charge in [-0.05, 0) is 25.0 Å². The second-order valence-corrected chi connectivity index (χ2v) is 6.96. The van der Waals surface area contributed by atoms with Gasteiger partial charge in [0.2, 0.25) is 0 Å². The van der Waals surface area contributed by atoms with E-state index in [1.54, 1.807) is 0 Å². The van der Waals surface area contributed by atoms with Gasteiger partial charge in [0.05, 0.1) is 0 Å². The van der Waals surface area contributed by atoms with Crippen LogP contribution in [0.5, 0.6) is 0 Å². The third-order valence-corrected chi connectivity index (χ3v) is 5.65. The zero-order chi connectivity index (χ0) is 12.3. The molecule has 2 aliphatic rings. The van der Waals surface area contributed by atoms with E-state index in [-0.39, 0.29) is 0 Å². The van der Waals surface area contributed by atoms with Crippen molar-refractivity contribution < 1.29 is 0 Å². The topological polar surface area (TPSA) is 15.3 Å². The number of piperazine rings is 1. The van der Waals surface area contributed by atoms with Crippen LogP contribution in [0.1, 0.15) is 39.5 Å². The molecule has 2 fully saturated rings. The summed E-state index contributed by atoms with van der Waals surface area (Å²) < 4.78 is 0. The summed E-state index contributed by atoms with van der Waals surface area (Å²) in [5.41, 5.74) is 0. The maximum absolute atomic E-state index is 3.57. The van der Waals surface area contributed by atoms with Crippen molar-refractivity contribution in [2.75, 3.05) is 25.9 Å². The van der Waals surface area contributed by atoms with Crippen molar-refractivity contribution in [3.8, 4) is 0 Å². The van der Waals surface area contributed by atoms with Gasteiger partial charge in [-0.2, -0.15) is 11.8 Å². The summed E-state index contributed by atoms with van der Waals surface area (Å²) in [4.78, 5) is 2.83. The normalized spacial score (nSPS) is 36.4. The summed E-state index contributed by atoms with van der Waals surface area (Å²) in [5.74, 6) is 0.771. The number of hydrogen-bond acceptors (Lipinski definition) is 3. The Bertz CT molecular complexity index is 232. The van der Waals surface area contributed by atoms with Gasteiger partial charge in [-0.3, -0.25) is 4.90 Å². The van der Waals surface area contributed by atoms with Crippen LogP contribution in [-0.2, 0) is 0 Å². The molecule has 3 unspecified atom stereocenters. The zero-order valence-electron chi connectivity index (χ0n) is 11.6. The number of rotatable bonds is 3. The van der Waals surface area contributed by atoms with Crippen molar-refractivity contribution in [1.82, 2.24) is 10.2 Å². The second kappa shape index (κ2) is 6.44. The molecular weight excluding hydrogens is 228 g/mol. The first kappa shape index (κ1) is 13.7. The second-order valence-electron chi connectivity index (χ2n) is 5.88. The molecule has 1 N–H and O–H groups in total. The Kier molecular flexibility index (Phi) is 5.19. The molecule has 2 rings (SSSR count). The van der Waals surface area contributed by atoms with E-state index in [9.17, 15) is 0 Å². The van der Waals surface area contributed by atoms with Crippen LogP contribution < -0.4 is 5.32 Å². The van der Waals surface area contributed by atoms with Gasteiger partial charge in [-0.25, -0.2) is 0 Å². The van der Waals surface area contributed by atoms with Crippen LogP contribution in [0.3, 0.4) is 0 Å². The van der Waals surface area contributed by atoms with Crippen LogP contribution >= 0.6 is 11.8 Å². The summed E-state index contributed by atoms with van der Waals surface area (Å²) >= 11 is 2.10. The van der Waals surface area contributed by atoms with E-state index in [1.807, 2.05) is 0 Å². The van der Waals surface area contributed by atoms with Crippen LogP contribution in [0.2, 0.25) is 0 Å². The quantitative estimate of drug-likeness (QED) is 0.835. The van der Waals surface area contributed by atoms with Gasteiger partial charge >= 0.3 is 0 Å². The van der Waals surface area contributed by atoms with E-state index in [4.69, 9.17) is 0 Å². The van der Waals surface area contributed by atoms with Gasteiger partial charge in [0.15, 0.2) is 0 Å². The average Bonchev–Trinajstić information content (AvgIpc) is 2.38. The number of nitrogens with one attached hydrogen (secondary N) is 1. The Labute approximate surface area is 111 Å². The van der Waals surface area contributed by atoms with Crippen molar-refractivity contribution in [2.24, 2.45) is 5.92 Å². The maximum Gasteiger partial charge on any atom is 0.0247 e. The van der Waals surface area contributed by atoms with Crippen molar-refractivity contribution in [1.29, 1.82) is 0 Å². The fourth-order valence-corrected chi connectivity index (χ4v) is 4.51. The first-order valence-corrected chi connectivity index (χ1v) is 8.52. The number of hydrogen-bond donors (Lipinski definition) is 1. The predicted molar refractivity (Wildman–Crippen MR) is 77.8 cm³/mol. The fourth-order valence-electron chi connectivity index (χ4n) is 3.50. The van der Waals surface area contributed by atoms with Gasteiger partial charge in [0.25, 0.3) is 0 Å². The van der Waals surface area contributed by atoms with Crippen molar-refractivity contribution in [2.45, 2.75) is 56.9 Å². The highest BCUT2D eigenvalue weighted by molar-refractivity contribution is 7.99. The fraction of sp³-hybridized carbons (Fsp3) is 1.00. The molecule has 1 aliphatic heterocycles. The van der Waals surface area contributed by atoms with E-state index >= 15 is 0 Å². The molecule has 100 valence electrons. The largest absolute Gasteiger partial charge is 0.314 e. The lowest BCUT2D eigenvalue weighted by Gasteiger charge is -2.47. The predicted octanol–water partition coefficient (Wildman–Crippen LogP) is 2.59. The lowest BCUT2D eigenvalue weighted by Crippen LogP contribution is -2.59. The molecule has 0 bridgehead atoms. The van der Waals surface area contributed by atoms with Crippen molar-refractivity contribution >= 4 is 11.8 Å². The molecule has 0 amide bonds. The minimum Gasteiger partial charge on any atom is -0.314 e. The molecule has 0 spiro atoms.